The number of carbonyl (C=O) groups is 11. The number of carbonyl (C=O) groups excluding carboxylic acids is 11. The van der Waals surface area contributed by atoms with Crippen LogP contribution in [0.2, 0.25) is 0 Å². The van der Waals surface area contributed by atoms with Gasteiger partial charge in [0, 0.05) is 111 Å². The first kappa shape index (κ1) is 86.4. The van der Waals surface area contributed by atoms with Gasteiger partial charge in [0.05, 0.1) is 44.1 Å². The van der Waals surface area contributed by atoms with Crippen LogP contribution in [-0.4, -0.2) is 258 Å². The van der Waals surface area contributed by atoms with Crippen molar-refractivity contribution in [3.63, 3.8) is 0 Å². The average Bonchev–Trinajstić information content (AvgIpc) is 0.810. The highest BCUT2D eigenvalue weighted by atomic mass is 16.5. The number of allylic oxidation sites excluding steroid dienone is 2. The lowest BCUT2D eigenvalue weighted by molar-refractivity contribution is -0.157. The zero-order valence-electron chi connectivity index (χ0n) is 63.8. The number of aliphatic hydroxyl groups excluding tert-OH is 1. The number of nitrogens with one attached hydrogen (secondary N) is 1. The Bertz CT molecular complexity index is 2630. The van der Waals surface area contributed by atoms with Gasteiger partial charge in [0.15, 0.2) is 11.6 Å². The molecule has 0 saturated carbocycles. The van der Waals surface area contributed by atoms with Crippen molar-refractivity contribution < 1.29 is 67.3 Å². The number of rotatable bonds is 19. The van der Waals surface area contributed by atoms with Crippen LogP contribution >= 0.6 is 0 Å². The number of ketones is 3. The van der Waals surface area contributed by atoms with Crippen molar-refractivity contribution in [2.45, 2.75) is 250 Å². The van der Waals surface area contributed by atoms with Crippen molar-refractivity contribution >= 4 is 64.6 Å². The molecule has 2 heterocycles. The molecule has 8 amide bonds. The average molecular weight is 1360 g/mol. The topological polar surface area (TPSA) is 264 Å². The van der Waals surface area contributed by atoms with E-state index in [1.807, 2.05) is 75.3 Å². The Morgan fingerprint density at radius 3 is 1.54 bits per heavy atom. The molecule has 0 unspecified atom stereocenters. The van der Waals surface area contributed by atoms with E-state index in [1.54, 1.807) is 54.5 Å². The molecule has 0 aromatic rings. The van der Waals surface area contributed by atoms with Crippen LogP contribution in [0.4, 0.5) is 0 Å². The summed E-state index contributed by atoms with van der Waals surface area (Å²) >= 11 is 0. The summed E-state index contributed by atoms with van der Waals surface area (Å²) in [6, 6.07) is -9.69. The molecule has 0 spiro atoms. The van der Waals surface area contributed by atoms with Crippen LogP contribution in [-0.2, 0) is 62.2 Å². The van der Waals surface area contributed by atoms with E-state index in [-0.39, 0.29) is 93.0 Å². The number of ether oxygens (including phenoxy) is 2. The minimum Gasteiger partial charge on any atom is -0.390 e. The van der Waals surface area contributed by atoms with Gasteiger partial charge in [-0.25, -0.2) is 0 Å². The third kappa shape index (κ3) is 23.8. The summed E-state index contributed by atoms with van der Waals surface area (Å²) in [5.74, 6) is -11.7. The number of nitrogens with zero attached hydrogens (tertiary/aromatic N) is 8. The summed E-state index contributed by atoms with van der Waals surface area (Å²) in [5.41, 5.74) is 0. The van der Waals surface area contributed by atoms with Crippen molar-refractivity contribution in [2.75, 3.05) is 82.2 Å². The van der Waals surface area contributed by atoms with Crippen molar-refractivity contribution in [1.82, 2.24) is 44.5 Å². The number of likely N-dealkylation sites (N-methyl/N-ethyl adjacent to an activating group) is 7. The van der Waals surface area contributed by atoms with Crippen molar-refractivity contribution in [3.05, 3.63) is 12.2 Å². The molecular weight excluding hydrogens is 1230 g/mol. The molecule has 2 aliphatic heterocycles. The van der Waals surface area contributed by atoms with Gasteiger partial charge in [-0.1, -0.05) is 116 Å². The second-order valence-electron chi connectivity index (χ2n) is 30.3. The Kier molecular flexibility index (Phi) is 35.8. The van der Waals surface area contributed by atoms with Crippen LogP contribution < -0.4 is 5.32 Å². The maximum absolute atomic E-state index is 15.3. The predicted octanol–water partition coefficient (Wildman–Crippen LogP) is 6.65. The first-order chi connectivity index (χ1) is 44.5. The lowest BCUT2D eigenvalue weighted by atomic mass is 9.83. The standard InChI is InChI=1S/C73H129N9O14/c1-27-29-30-47(13)65(86)64-66(87)74-55(28-2)70(91)75(20)53(19)68(89)80(25)63(50(16)40-95-32-31-82-39-52(18)96-41-51(82)17)61(85)38-54(45(9)10)69(90)76(21)56(33-42(3)4)60(84)36-48(14)59(83)37-49(15)67(88)77(22)57(34-43(5)6)71(92)78(23)58(35-44(7)8)72(93)79(24)62(46(11)12)73(94)81(64)26/h27,29,42-58,62-65,86H,28,30-41H2,1-26H3,(H,74,87)/b29-27+/t47-,48-,49+,50-,51-,52-,53-,54+,55+,56+,57+,58+,62+,63+,64+,65-/m1/s1. The van der Waals surface area contributed by atoms with Crippen LogP contribution in [0.15, 0.2) is 12.2 Å². The molecule has 0 radical (unpaired) electrons. The fourth-order valence-corrected chi connectivity index (χ4v) is 13.4. The highest BCUT2D eigenvalue weighted by molar-refractivity contribution is 6.00. The van der Waals surface area contributed by atoms with Crippen molar-refractivity contribution in [3.8, 4) is 0 Å². The maximum Gasteiger partial charge on any atom is 0.246 e. The Morgan fingerprint density at radius 1 is 0.542 bits per heavy atom. The van der Waals surface area contributed by atoms with E-state index in [2.05, 4.69) is 17.1 Å². The fraction of sp³-hybridized carbons (Fsp3) is 0.822. The van der Waals surface area contributed by atoms with Crippen LogP contribution in [0.1, 0.15) is 183 Å². The fourth-order valence-electron chi connectivity index (χ4n) is 13.4. The molecule has 23 nitrogen and oxygen atoms in total. The van der Waals surface area contributed by atoms with Gasteiger partial charge < -0.3 is 54.2 Å². The van der Waals surface area contributed by atoms with Gasteiger partial charge in [-0.2, -0.15) is 0 Å². The summed E-state index contributed by atoms with van der Waals surface area (Å²) in [5, 5.41) is 15.1. The van der Waals surface area contributed by atoms with E-state index < -0.39 is 149 Å². The molecule has 2 rings (SSSR count). The quantitative estimate of drug-likeness (QED) is 0.101. The van der Waals surface area contributed by atoms with E-state index in [1.165, 1.54) is 85.7 Å². The Balaban J connectivity index is 3.03. The van der Waals surface area contributed by atoms with Gasteiger partial charge >= 0.3 is 0 Å². The molecule has 0 aromatic carbocycles. The van der Waals surface area contributed by atoms with Crippen molar-refractivity contribution in [1.29, 1.82) is 0 Å². The summed E-state index contributed by atoms with van der Waals surface area (Å²) in [4.78, 5) is 176. The molecule has 550 valence electrons. The summed E-state index contributed by atoms with van der Waals surface area (Å²) in [6.45, 7) is 36.5. The molecule has 2 saturated heterocycles. The van der Waals surface area contributed by atoms with Gasteiger partial charge in [0.2, 0.25) is 47.3 Å². The molecular formula is C73H129N9O14. The zero-order chi connectivity index (χ0) is 73.8. The molecule has 96 heavy (non-hydrogen) atoms. The highest BCUT2D eigenvalue weighted by Gasteiger charge is 2.47. The van der Waals surface area contributed by atoms with Crippen LogP contribution in [0.3, 0.4) is 0 Å². The molecule has 2 fully saturated rings. The molecule has 2 aliphatic rings. The molecule has 16 atom stereocenters. The van der Waals surface area contributed by atoms with E-state index in [0.29, 0.717) is 32.7 Å². The third-order valence-electron chi connectivity index (χ3n) is 19.9. The van der Waals surface area contributed by atoms with Crippen LogP contribution in [0.5, 0.6) is 0 Å². The van der Waals surface area contributed by atoms with Gasteiger partial charge in [-0.3, -0.25) is 57.6 Å². The molecule has 0 aromatic heterocycles. The Labute approximate surface area is 577 Å². The van der Waals surface area contributed by atoms with Crippen LogP contribution in [0.25, 0.3) is 0 Å². The second-order valence-corrected chi connectivity index (χ2v) is 30.3. The molecule has 2 N–H and O–H groups in total. The predicted molar refractivity (Wildman–Crippen MR) is 374 cm³/mol. The maximum atomic E-state index is 15.3. The van der Waals surface area contributed by atoms with E-state index in [0.717, 1.165) is 4.90 Å². The number of aliphatic hydroxyl groups is 1. The normalized spacial score (nSPS) is 29.2. The Morgan fingerprint density at radius 2 is 1.03 bits per heavy atom. The lowest BCUT2D eigenvalue weighted by Crippen LogP contribution is -2.63. The van der Waals surface area contributed by atoms with E-state index in [9.17, 15) is 24.3 Å². The first-order valence-corrected chi connectivity index (χ1v) is 35.5. The van der Waals surface area contributed by atoms with E-state index in [4.69, 9.17) is 9.47 Å². The van der Waals surface area contributed by atoms with Gasteiger partial charge in [-0.05, 0) is 95.3 Å². The summed E-state index contributed by atoms with van der Waals surface area (Å²) in [7, 11) is 10.2. The monoisotopic (exact) mass is 1360 g/mol. The van der Waals surface area contributed by atoms with E-state index >= 15 is 33.6 Å². The van der Waals surface area contributed by atoms with Gasteiger partial charge in [-0.15, -0.1) is 0 Å². The Hall–Kier alpha value is -5.65. The molecule has 23 heteroatoms. The number of hydrogen-bond acceptors (Lipinski definition) is 15. The van der Waals surface area contributed by atoms with Gasteiger partial charge in [0.25, 0.3) is 0 Å². The molecule has 0 aliphatic carbocycles. The number of hydrogen-bond donors (Lipinski definition) is 2. The number of morpholine rings is 1. The second kappa shape index (κ2) is 39.8. The molecule has 0 bridgehead atoms. The summed E-state index contributed by atoms with van der Waals surface area (Å²) < 4.78 is 12.1. The largest absolute Gasteiger partial charge is 0.390 e. The number of amides is 8. The van der Waals surface area contributed by atoms with Gasteiger partial charge in [0.1, 0.15) is 42.0 Å². The highest BCUT2D eigenvalue weighted by Crippen LogP contribution is 2.30. The van der Waals surface area contributed by atoms with Crippen LogP contribution in [0, 0.1) is 59.2 Å². The zero-order valence-corrected chi connectivity index (χ0v) is 63.8. The SMILES string of the molecule is C/C=C/C[C@@H](C)[C@@H](O)[C@H]1C(=O)N[C@@H](CC)C(=O)N(C)[C@H](C)C(=O)N(C)[C@@H]([C@H](C)COCCN2C[C@@H](C)OC[C@H]2C)C(=O)C[C@@H](C(C)C)C(=O)N(C)[C@@H](CC(C)C)C(=O)C[C@@H](C)C(=O)C[C@H](C)C(=O)N(C)[C@@H](CC(C)C)C(=O)N(C)[C@@H](CC(C)C)C(=O)N(C)[C@@H](C(C)C)C(=O)N1C. The smallest absolute Gasteiger partial charge is 0.246 e. The number of Topliss-reactive ketones (excluding diaryl/α,β-unsaturated/α-hetero) is 3. The minimum absolute atomic E-state index is 0.00801. The minimum atomic E-state index is -1.63. The van der Waals surface area contributed by atoms with Crippen molar-refractivity contribution in [2.24, 2.45) is 59.2 Å². The first-order valence-electron chi connectivity index (χ1n) is 35.5. The summed E-state index contributed by atoms with van der Waals surface area (Å²) in [6.07, 6.45) is 2.20. The lowest BCUT2D eigenvalue weighted by Gasteiger charge is -2.41. The third-order valence-corrected chi connectivity index (χ3v) is 19.9.